The Morgan fingerprint density at radius 2 is 1.90 bits per heavy atom. The number of nitrogens with zero attached hydrogens (tertiary/aromatic N) is 4. The molecule has 1 aliphatic heterocycles. The first-order valence-corrected chi connectivity index (χ1v) is 7.26. The first kappa shape index (κ1) is 15.0. The summed E-state index contributed by atoms with van der Waals surface area (Å²) in [5.74, 6) is 2.43. The maximum Gasteiger partial charge on any atom is 0.138 e. The van der Waals surface area contributed by atoms with Crippen molar-refractivity contribution >= 4 is 11.6 Å². The molecule has 5 heteroatoms. The van der Waals surface area contributed by atoms with E-state index < -0.39 is 0 Å². The molecule has 2 heterocycles. The molecule has 1 aliphatic rings. The molecule has 1 saturated heterocycles. The maximum atomic E-state index is 6.09. The van der Waals surface area contributed by atoms with Crippen LogP contribution in [0.5, 0.6) is 0 Å². The standard InChI is InChI=1S/C15H27N5/c1-10-12(16)17-14(15(2,3)4)18-13(10)20-8-7-11(9-20)19(5)6/h11H,7-9H2,1-6H3,(H2,16,17,18). The summed E-state index contributed by atoms with van der Waals surface area (Å²) in [5, 5.41) is 0. The van der Waals surface area contributed by atoms with Crippen molar-refractivity contribution in [2.45, 2.75) is 45.6 Å². The summed E-state index contributed by atoms with van der Waals surface area (Å²) in [6.45, 7) is 10.4. The summed E-state index contributed by atoms with van der Waals surface area (Å²) >= 11 is 0. The average molecular weight is 277 g/mol. The van der Waals surface area contributed by atoms with Crippen LogP contribution >= 0.6 is 0 Å². The normalized spacial score (nSPS) is 19.9. The van der Waals surface area contributed by atoms with Crippen molar-refractivity contribution in [2.75, 3.05) is 37.8 Å². The van der Waals surface area contributed by atoms with Gasteiger partial charge in [0.05, 0.1) is 0 Å². The fourth-order valence-electron chi connectivity index (χ4n) is 2.52. The SMILES string of the molecule is Cc1c(N)nc(C(C)(C)C)nc1N1CCC(N(C)C)C1. The van der Waals surface area contributed by atoms with Crippen molar-refractivity contribution in [1.82, 2.24) is 14.9 Å². The third-order valence-corrected chi connectivity index (χ3v) is 4.02. The van der Waals surface area contributed by atoms with Crippen LogP contribution in [0.15, 0.2) is 0 Å². The number of nitrogens with two attached hydrogens (primary N) is 1. The summed E-state index contributed by atoms with van der Waals surface area (Å²) in [4.78, 5) is 13.9. The van der Waals surface area contributed by atoms with Crippen molar-refractivity contribution in [2.24, 2.45) is 0 Å². The number of hydrogen-bond acceptors (Lipinski definition) is 5. The van der Waals surface area contributed by atoms with E-state index in [1.165, 1.54) is 6.42 Å². The second-order valence-electron chi connectivity index (χ2n) is 6.98. The minimum atomic E-state index is -0.0861. The van der Waals surface area contributed by atoms with Crippen LogP contribution in [-0.4, -0.2) is 48.1 Å². The topological polar surface area (TPSA) is 58.3 Å². The third-order valence-electron chi connectivity index (χ3n) is 4.02. The predicted molar refractivity (Wildman–Crippen MR) is 84.2 cm³/mol. The smallest absolute Gasteiger partial charge is 0.138 e. The van der Waals surface area contributed by atoms with Gasteiger partial charge in [-0.2, -0.15) is 0 Å². The first-order chi connectivity index (χ1) is 9.20. The van der Waals surface area contributed by atoms with Gasteiger partial charge in [0.15, 0.2) is 0 Å². The molecule has 1 aromatic heterocycles. The molecule has 0 saturated carbocycles. The van der Waals surface area contributed by atoms with Crippen LogP contribution in [0.1, 0.15) is 38.6 Å². The molecule has 1 atom stereocenters. The Morgan fingerprint density at radius 1 is 1.25 bits per heavy atom. The predicted octanol–water partition coefficient (Wildman–Crippen LogP) is 1.81. The molecule has 0 aromatic carbocycles. The van der Waals surface area contributed by atoms with E-state index in [4.69, 9.17) is 10.7 Å². The van der Waals surface area contributed by atoms with Gasteiger partial charge in [-0.3, -0.25) is 0 Å². The van der Waals surface area contributed by atoms with E-state index in [2.05, 4.69) is 49.7 Å². The summed E-state index contributed by atoms with van der Waals surface area (Å²) in [6.07, 6.45) is 1.17. The van der Waals surface area contributed by atoms with Crippen molar-refractivity contribution in [3.63, 3.8) is 0 Å². The van der Waals surface area contributed by atoms with E-state index in [9.17, 15) is 0 Å². The van der Waals surface area contributed by atoms with Gasteiger partial charge in [0.2, 0.25) is 0 Å². The largest absolute Gasteiger partial charge is 0.383 e. The summed E-state index contributed by atoms with van der Waals surface area (Å²) < 4.78 is 0. The van der Waals surface area contributed by atoms with Crippen LogP contribution in [-0.2, 0) is 5.41 Å². The maximum absolute atomic E-state index is 6.09. The van der Waals surface area contributed by atoms with Gasteiger partial charge in [0.1, 0.15) is 17.5 Å². The molecule has 2 rings (SSSR count). The number of rotatable bonds is 2. The summed E-state index contributed by atoms with van der Waals surface area (Å²) in [7, 11) is 4.27. The lowest BCUT2D eigenvalue weighted by Crippen LogP contribution is -2.32. The van der Waals surface area contributed by atoms with Gasteiger partial charge in [0.25, 0.3) is 0 Å². The number of hydrogen-bond donors (Lipinski definition) is 1. The van der Waals surface area contributed by atoms with Crippen LogP contribution < -0.4 is 10.6 Å². The highest BCUT2D eigenvalue weighted by atomic mass is 15.3. The molecular formula is C15H27N5. The van der Waals surface area contributed by atoms with Gasteiger partial charge in [-0.1, -0.05) is 20.8 Å². The van der Waals surface area contributed by atoms with Gasteiger partial charge < -0.3 is 15.5 Å². The van der Waals surface area contributed by atoms with Crippen LogP contribution in [0.2, 0.25) is 0 Å². The lowest BCUT2D eigenvalue weighted by atomic mass is 9.95. The zero-order valence-electron chi connectivity index (χ0n) is 13.6. The number of anilines is 2. The molecule has 5 nitrogen and oxygen atoms in total. The van der Waals surface area contributed by atoms with Crippen molar-refractivity contribution in [1.29, 1.82) is 0 Å². The molecule has 112 valence electrons. The molecular weight excluding hydrogens is 250 g/mol. The molecule has 0 spiro atoms. The molecule has 1 unspecified atom stereocenters. The molecule has 0 amide bonds. The molecule has 0 aliphatic carbocycles. The molecule has 2 N–H and O–H groups in total. The van der Waals surface area contributed by atoms with E-state index in [0.29, 0.717) is 11.9 Å². The van der Waals surface area contributed by atoms with Gasteiger partial charge in [0, 0.05) is 30.1 Å². The Kier molecular flexibility index (Phi) is 3.91. The van der Waals surface area contributed by atoms with Gasteiger partial charge >= 0.3 is 0 Å². The second kappa shape index (κ2) is 5.20. The van der Waals surface area contributed by atoms with Gasteiger partial charge in [-0.25, -0.2) is 9.97 Å². The van der Waals surface area contributed by atoms with E-state index in [-0.39, 0.29) is 5.41 Å². The lowest BCUT2D eigenvalue weighted by molar-refractivity contribution is 0.315. The van der Waals surface area contributed by atoms with Crippen LogP contribution in [0.4, 0.5) is 11.6 Å². The fraction of sp³-hybridized carbons (Fsp3) is 0.733. The zero-order valence-corrected chi connectivity index (χ0v) is 13.6. The van der Waals surface area contributed by atoms with E-state index >= 15 is 0 Å². The Labute approximate surface area is 122 Å². The van der Waals surface area contributed by atoms with E-state index in [1.807, 2.05) is 6.92 Å². The highest BCUT2D eigenvalue weighted by molar-refractivity contribution is 5.57. The lowest BCUT2D eigenvalue weighted by Gasteiger charge is -2.25. The van der Waals surface area contributed by atoms with Gasteiger partial charge in [-0.15, -0.1) is 0 Å². The Balaban J connectivity index is 2.35. The highest BCUT2D eigenvalue weighted by Gasteiger charge is 2.28. The average Bonchev–Trinajstić information content (AvgIpc) is 2.80. The molecule has 1 aromatic rings. The zero-order chi connectivity index (χ0) is 15.1. The fourth-order valence-corrected chi connectivity index (χ4v) is 2.52. The second-order valence-corrected chi connectivity index (χ2v) is 6.98. The minimum Gasteiger partial charge on any atom is -0.383 e. The Bertz CT molecular complexity index is 490. The quantitative estimate of drug-likeness (QED) is 0.893. The van der Waals surface area contributed by atoms with Crippen LogP contribution in [0, 0.1) is 6.92 Å². The summed E-state index contributed by atoms with van der Waals surface area (Å²) in [5.41, 5.74) is 7.00. The number of nitrogen functional groups attached to an aromatic ring is 1. The molecule has 20 heavy (non-hydrogen) atoms. The Hall–Kier alpha value is -1.36. The monoisotopic (exact) mass is 277 g/mol. The highest BCUT2D eigenvalue weighted by Crippen LogP contribution is 2.29. The van der Waals surface area contributed by atoms with Gasteiger partial charge in [-0.05, 0) is 27.4 Å². The molecule has 0 radical (unpaired) electrons. The Morgan fingerprint density at radius 3 is 2.40 bits per heavy atom. The number of aromatic nitrogens is 2. The van der Waals surface area contributed by atoms with E-state index in [1.54, 1.807) is 0 Å². The van der Waals surface area contributed by atoms with Crippen molar-refractivity contribution in [3.8, 4) is 0 Å². The van der Waals surface area contributed by atoms with Crippen molar-refractivity contribution < 1.29 is 0 Å². The van der Waals surface area contributed by atoms with Crippen LogP contribution in [0.3, 0.4) is 0 Å². The summed E-state index contributed by atoms with van der Waals surface area (Å²) in [6, 6.07) is 0.587. The van der Waals surface area contributed by atoms with E-state index in [0.717, 1.165) is 30.3 Å². The number of likely N-dealkylation sites (N-methyl/N-ethyl adjacent to an activating group) is 1. The van der Waals surface area contributed by atoms with Crippen molar-refractivity contribution in [3.05, 3.63) is 11.4 Å². The minimum absolute atomic E-state index is 0.0861. The molecule has 1 fully saturated rings. The van der Waals surface area contributed by atoms with Crippen LogP contribution in [0.25, 0.3) is 0 Å². The first-order valence-electron chi connectivity index (χ1n) is 7.26. The molecule has 0 bridgehead atoms. The third kappa shape index (κ3) is 2.87.